The molecule has 6 heteroatoms. The summed E-state index contributed by atoms with van der Waals surface area (Å²) < 4.78 is 1.56. The summed E-state index contributed by atoms with van der Waals surface area (Å²) >= 11 is 0. The Labute approximate surface area is 121 Å². The van der Waals surface area contributed by atoms with Crippen LogP contribution in [0.15, 0.2) is 29.1 Å². The molecule has 3 rings (SSSR count). The van der Waals surface area contributed by atoms with Gasteiger partial charge in [0, 0.05) is 25.0 Å². The molecule has 0 saturated heterocycles. The molecule has 1 unspecified atom stereocenters. The zero-order valence-corrected chi connectivity index (χ0v) is 11.9. The maximum Gasteiger partial charge on any atom is 0.276 e. The van der Waals surface area contributed by atoms with Crippen LogP contribution < -0.4 is 16.5 Å². The van der Waals surface area contributed by atoms with E-state index in [9.17, 15) is 9.59 Å². The fourth-order valence-corrected chi connectivity index (χ4v) is 2.58. The molecule has 0 radical (unpaired) electrons. The molecule has 6 nitrogen and oxygen atoms in total. The maximum atomic E-state index is 12.4. The van der Waals surface area contributed by atoms with Gasteiger partial charge in [-0.25, -0.2) is 0 Å². The van der Waals surface area contributed by atoms with Gasteiger partial charge >= 0.3 is 0 Å². The lowest BCUT2D eigenvalue weighted by Crippen LogP contribution is -2.44. The Balaban J connectivity index is 1.98. The first-order chi connectivity index (χ1) is 10.1. The van der Waals surface area contributed by atoms with Crippen LogP contribution >= 0.6 is 0 Å². The second-order valence-electron chi connectivity index (χ2n) is 5.47. The van der Waals surface area contributed by atoms with Gasteiger partial charge in [0.2, 0.25) is 5.43 Å². The Morgan fingerprint density at radius 1 is 1.48 bits per heavy atom. The summed E-state index contributed by atoms with van der Waals surface area (Å²) in [6.45, 7) is 0.379. The van der Waals surface area contributed by atoms with Gasteiger partial charge in [0.25, 0.3) is 5.91 Å². The summed E-state index contributed by atoms with van der Waals surface area (Å²) in [6, 6.07) is 7.05. The zero-order valence-electron chi connectivity index (χ0n) is 11.9. The lowest BCUT2D eigenvalue weighted by Gasteiger charge is -2.16. The molecule has 21 heavy (non-hydrogen) atoms. The standard InChI is InChI=1S/C15H18N4O2/c1-19-12-5-3-2-4-10(12)14(20)13(18-19)15(21)17-11(8-16)9-6-7-9/h2-5,9,11H,6-8,16H2,1H3,(H,17,21). The normalized spacial score (nSPS) is 15.9. The van der Waals surface area contributed by atoms with E-state index >= 15 is 0 Å². The van der Waals surface area contributed by atoms with E-state index in [-0.39, 0.29) is 17.2 Å². The first-order valence-corrected chi connectivity index (χ1v) is 7.09. The number of aryl methyl sites for hydroxylation is 1. The average molecular weight is 286 g/mol. The van der Waals surface area contributed by atoms with Crippen molar-refractivity contribution in [3.63, 3.8) is 0 Å². The molecular formula is C15H18N4O2. The molecule has 110 valence electrons. The Hall–Kier alpha value is -2.21. The second kappa shape index (κ2) is 5.29. The van der Waals surface area contributed by atoms with E-state index in [1.807, 2.05) is 6.07 Å². The summed E-state index contributed by atoms with van der Waals surface area (Å²) in [7, 11) is 1.72. The topological polar surface area (TPSA) is 90.0 Å². The Morgan fingerprint density at radius 3 is 2.86 bits per heavy atom. The molecule has 1 heterocycles. The molecule has 0 spiro atoms. The number of hydrogen-bond acceptors (Lipinski definition) is 4. The first-order valence-electron chi connectivity index (χ1n) is 7.09. The molecule has 1 amide bonds. The molecule has 1 aromatic carbocycles. The number of benzene rings is 1. The van der Waals surface area contributed by atoms with E-state index in [2.05, 4.69) is 10.4 Å². The highest BCUT2D eigenvalue weighted by molar-refractivity contribution is 5.95. The number of nitrogens with two attached hydrogens (primary N) is 1. The van der Waals surface area contributed by atoms with E-state index < -0.39 is 5.91 Å². The molecule has 1 aliphatic carbocycles. The molecular weight excluding hydrogens is 268 g/mol. The Kier molecular flexibility index (Phi) is 3.47. The minimum absolute atomic E-state index is 0.0736. The number of amides is 1. The summed E-state index contributed by atoms with van der Waals surface area (Å²) in [5, 5.41) is 7.45. The molecule has 1 aromatic heterocycles. The number of nitrogens with zero attached hydrogens (tertiary/aromatic N) is 2. The number of fused-ring (bicyclic) bond motifs is 1. The molecule has 1 atom stereocenters. The number of hydrogen-bond donors (Lipinski definition) is 2. The number of para-hydroxylation sites is 1. The summed E-state index contributed by atoms with van der Waals surface area (Å²) in [5.41, 5.74) is 5.97. The van der Waals surface area contributed by atoms with Crippen LogP contribution in [-0.2, 0) is 7.05 Å². The third-order valence-corrected chi connectivity index (χ3v) is 3.94. The number of aromatic nitrogens is 2. The third-order valence-electron chi connectivity index (χ3n) is 3.94. The van der Waals surface area contributed by atoms with Gasteiger partial charge in [-0.15, -0.1) is 0 Å². The van der Waals surface area contributed by atoms with Crippen LogP contribution in [0.25, 0.3) is 10.9 Å². The molecule has 3 N–H and O–H groups in total. The maximum absolute atomic E-state index is 12.4. The van der Waals surface area contributed by atoms with Crippen LogP contribution in [0.1, 0.15) is 23.3 Å². The van der Waals surface area contributed by atoms with E-state index in [1.54, 1.807) is 29.9 Å². The van der Waals surface area contributed by atoms with Crippen molar-refractivity contribution < 1.29 is 4.79 Å². The van der Waals surface area contributed by atoms with Crippen LogP contribution in [-0.4, -0.2) is 28.3 Å². The highest BCUT2D eigenvalue weighted by Gasteiger charge is 2.32. The predicted octanol–water partition coefficient (Wildman–Crippen LogP) is 0.401. The molecule has 0 bridgehead atoms. The van der Waals surface area contributed by atoms with Gasteiger partial charge in [-0.3, -0.25) is 14.3 Å². The van der Waals surface area contributed by atoms with E-state index in [1.165, 1.54) is 0 Å². The van der Waals surface area contributed by atoms with Crippen LogP contribution in [0, 0.1) is 5.92 Å². The van der Waals surface area contributed by atoms with Crippen molar-refractivity contribution >= 4 is 16.8 Å². The lowest BCUT2D eigenvalue weighted by atomic mass is 10.1. The number of carbonyl (C=O) groups is 1. The molecule has 2 aromatic rings. The lowest BCUT2D eigenvalue weighted by molar-refractivity contribution is 0.0925. The fourth-order valence-electron chi connectivity index (χ4n) is 2.58. The van der Waals surface area contributed by atoms with Crippen molar-refractivity contribution in [1.82, 2.24) is 15.1 Å². The third kappa shape index (κ3) is 2.54. The van der Waals surface area contributed by atoms with Gasteiger partial charge in [0.15, 0.2) is 5.69 Å². The number of carbonyl (C=O) groups excluding carboxylic acids is 1. The van der Waals surface area contributed by atoms with Gasteiger partial charge in [0.1, 0.15) is 0 Å². The summed E-state index contributed by atoms with van der Waals surface area (Å²) in [4.78, 5) is 24.7. The smallest absolute Gasteiger partial charge is 0.276 e. The SMILES string of the molecule is Cn1nc(C(=O)NC(CN)C2CC2)c(=O)c2ccccc21. The van der Waals surface area contributed by atoms with Crippen LogP contribution in [0.2, 0.25) is 0 Å². The predicted molar refractivity (Wildman–Crippen MR) is 80.0 cm³/mol. The quantitative estimate of drug-likeness (QED) is 0.851. The fraction of sp³-hybridized carbons (Fsp3) is 0.400. The molecule has 1 aliphatic rings. The van der Waals surface area contributed by atoms with Gasteiger partial charge in [-0.2, -0.15) is 5.10 Å². The van der Waals surface area contributed by atoms with Crippen LogP contribution in [0.4, 0.5) is 0 Å². The van der Waals surface area contributed by atoms with Gasteiger partial charge in [-0.1, -0.05) is 12.1 Å². The van der Waals surface area contributed by atoms with E-state index in [0.29, 0.717) is 23.4 Å². The van der Waals surface area contributed by atoms with Crippen molar-refractivity contribution in [2.24, 2.45) is 18.7 Å². The summed E-state index contributed by atoms with van der Waals surface area (Å²) in [5.74, 6) is -0.00744. The molecule has 1 fully saturated rings. The van der Waals surface area contributed by atoms with Crippen molar-refractivity contribution in [3.8, 4) is 0 Å². The number of rotatable bonds is 4. The van der Waals surface area contributed by atoms with Crippen molar-refractivity contribution in [2.75, 3.05) is 6.54 Å². The minimum Gasteiger partial charge on any atom is -0.346 e. The highest BCUT2D eigenvalue weighted by atomic mass is 16.2. The van der Waals surface area contributed by atoms with Crippen LogP contribution in [0.5, 0.6) is 0 Å². The number of nitrogens with one attached hydrogen (secondary N) is 1. The van der Waals surface area contributed by atoms with Gasteiger partial charge in [-0.05, 0) is 30.9 Å². The van der Waals surface area contributed by atoms with Crippen molar-refractivity contribution in [1.29, 1.82) is 0 Å². The van der Waals surface area contributed by atoms with Crippen LogP contribution in [0.3, 0.4) is 0 Å². The molecule has 1 saturated carbocycles. The highest BCUT2D eigenvalue weighted by Crippen LogP contribution is 2.32. The first kappa shape index (κ1) is 13.8. The second-order valence-corrected chi connectivity index (χ2v) is 5.47. The van der Waals surface area contributed by atoms with Crippen molar-refractivity contribution in [2.45, 2.75) is 18.9 Å². The van der Waals surface area contributed by atoms with Crippen molar-refractivity contribution in [3.05, 3.63) is 40.2 Å². The summed E-state index contributed by atoms with van der Waals surface area (Å²) in [6.07, 6.45) is 2.15. The Bertz CT molecular complexity index is 749. The van der Waals surface area contributed by atoms with E-state index in [4.69, 9.17) is 5.73 Å². The minimum atomic E-state index is -0.441. The van der Waals surface area contributed by atoms with Gasteiger partial charge in [0.05, 0.1) is 5.52 Å². The molecule has 0 aliphatic heterocycles. The zero-order chi connectivity index (χ0) is 15.0. The largest absolute Gasteiger partial charge is 0.346 e. The monoisotopic (exact) mass is 286 g/mol. The van der Waals surface area contributed by atoms with Gasteiger partial charge < -0.3 is 11.1 Å². The Morgan fingerprint density at radius 2 is 2.19 bits per heavy atom. The average Bonchev–Trinajstić information content (AvgIpc) is 3.33. The van der Waals surface area contributed by atoms with E-state index in [0.717, 1.165) is 12.8 Å².